The third-order valence-corrected chi connectivity index (χ3v) is 13.0. The number of imidazole rings is 2. The second-order valence-electron chi connectivity index (χ2n) is 15.7. The van der Waals surface area contributed by atoms with Crippen molar-refractivity contribution in [2.45, 2.75) is 83.8 Å². The van der Waals surface area contributed by atoms with Gasteiger partial charge in [-0.15, -0.1) is 11.8 Å². The first-order valence-corrected chi connectivity index (χ1v) is 20.4. The maximum Gasteiger partial charge on any atom is 0.407 e. The van der Waals surface area contributed by atoms with E-state index < -0.39 is 12.1 Å². The lowest BCUT2D eigenvalue weighted by molar-refractivity contribution is -0.140. The summed E-state index contributed by atoms with van der Waals surface area (Å²) < 4.78 is 10.4. The number of methoxy groups -OCH3 is 1. The van der Waals surface area contributed by atoms with Crippen LogP contribution in [0.4, 0.5) is 4.79 Å². The fourth-order valence-electron chi connectivity index (χ4n) is 7.98. The van der Waals surface area contributed by atoms with E-state index in [1.54, 1.807) is 0 Å². The molecule has 7 rings (SSSR count). The van der Waals surface area contributed by atoms with E-state index in [0.717, 1.165) is 89.6 Å². The number of rotatable bonds is 10. The standard InChI is InChI=1S/C41H53N7O5S/c1-23(2)25(5)38(49)48-34(22-54-40(48)26-13-16-53-17-14-26)37-43-21-32(45-37)30-12-10-27-18-29(11-9-28(27)19-30)31-20-42-36(44-31)33-8-7-15-47(33)39(50)35(24(3)4)46-41(51)52-6/h9-12,18-21,23-26,33-35,40H,7-8,13-17,22H2,1-6H3,(H,42,44)(H,43,45)(H,46,51)/t25-,33-,34-,35-,40?/m0/s1. The highest BCUT2D eigenvalue weighted by Gasteiger charge is 2.45. The van der Waals surface area contributed by atoms with E-state index in [9.17, 15) is 14.4 Å². The van der Waals surface area contributed by atoms with E-state index in [4.69, 9.17) is 19.4 Å². The molecule has 5 heterocycles. The van der Waals surface area contributed by atoms with E-state index in [1.165, 1.54) is 7.11 Å². The molecule has 3 aliphatic rings. The van der Waals surface area contributed by atoms with Gasteiger partial charge >= 0.3 is 6.09 Å². The van der Waals surface area contributed by atoms with E-state index in [-0.39, 0.29) is 47.0 Å². The van der Waals surface area contributed by atoms with Crippen molar-refractivity contribution in [1.82, 2.24) is 35.1 Å². The number of benzene rings is 2. The van der Waals surface area contributed by atoms with Gasteiger partial charge < -0.3 is 34.6 Å². The van der Waals surface area contributed by atoms with Crippen LogP contribution < -0.4 is 5.32 Å². The third kappa shape index (κ3) is 7.62. The first-order chi connectivity index (χ1) is 26.0. The zero-order valence-electron chi connectivity index (χ0n) is 32.1. The van der Waals surface area contributed by atoms with Crippen LogP contribution in [-0.2, 0) is 19.1 Å². The van der Waals surface area contributed by atoms with Gasteiger partial charge in [-0.05, 0) is 66.3 Å². The Balaban J connectivity index is 1.08. The molecular weight excluding hydrogens is 703 g/mol. The molecule has 5 atom stereocenters. The molecule has 0 saturated carbocycles. The number of likely N-dealkylation sites (tertiary alicyclic amines) is 1. The molecule has 288 valence electrons. The molecule has 2 aromatic carbocycles. The molecule has 3 fully saturated rings. The predicted molar refractivity (Wildman–Crippen MR) is 210 cm³/mol. The summed E-state index contributed by atoms with van der Waals surface area (Å²) in [6.45, 7) is 12.2. The number of carbonyl (C=O) groups excluding carboxylic acids is 3. The van der Waals surface area contributed by atoms with Gasteiger partial charge in [0.25, 0.3) is 0 Å². The number of hydrogen-bond acceptors (Lipinski definition) is 8. The van der Waals surface area contributed by atoms with Gasteiger partial charge in [0, 0.05) is 42.6 Å². The summed E-state index contributed by atoms with van der Waals surface area (Å²) in [5, 5.41) is 5.02. The minimum atomic E-state index is -0.681. The summed E-state index contributed by atoms with van der Waals surface area (Å²) in [5.41, 5.74) is 3.83. The summed E-state index contributed by atoms with van der Waals surface area (Å²) in [4.78, 5) is 60.2. The zero-order valence-corrected chi connectivity index (χ0v) is 32.9. The maximum absolute atomic E-state index is 14.0. The summed E-state index contributed by atoms with van der Waals surface area (Å²) in [5.74, 6) is 2.99. The quantitative estimate of drug-likeness (QED) is 0.153. The number of nitrogens with one attached hydrogen (secondary N) is 3. The monoisotopic (exact) mass is 755 g/mol. The predicted octanol–water partition coefficient (Wildman–Crippen LogP) is 7.33. The summed E-state index contributed by atoms with van der Waals surface area (Å²) >= 11 is 1.89. The molecule has 0 bridgehead atoms. The summed E-state index contributed by atoms with van der Waals surface area (Å²) in [6, 6.07) is 11.8. The lowest BCUT2D eigenvalue weighted by Crippen LogP contribution is -2.51. The van der Waals surface area contributed by atoms with Gasteiger partial charge in [-0.2, -0.15) is 0 Å². The number of nitrogens with zero attached hydrogens (tertiary/aromatic N) is 4. The lowest BCUT2D eigenvalue weighted by Gasteiger charge is -2.37. The maximum atomic E-state index is 14.0. The Bertz CT molecular complexity index is 1970. The summed E-state index contributed by atoms with van der Waals surface area (Å²) in [7, 11) is 1.30. The molecule has 12 nitrogen and oxygen atoms in total. The van der Waals surface area contributed by atoms with Crippen LogP contribution in [0.15, 0.2) is 48.8 Å². The van der Waals surface area contributed by atoms with Crippen molar-refractivity contribution in [2.24, 2.45) is 23.7 Å². The molecule has 3 aliphatic heterocycles. The molecule has 4 aromatic rings. The van der Waals surface area contributed by atoms with E-state index in [0.29, 0.717) is 12.5 Å². The van der Waals surface area contributed by atoms with Gasteiger partial charge in [0.15, 0.2) is 0 Å². The van der Waals surface area contributed by atoms with Crippen LogP contribution in [0.3, 0.4) is 0 Å². The molecule has 54 heavy (non-hydrogen) atoms. The van der Waals surface area contributed by atoms with Crippen LogP contribution in [0.25, 0.3) is 33.3 Å². The Morgan fingerprint density at radius 1 is 0.852 bits per heavy atom. The normalized spacial score (nSPS) is 22.0. The molecular formula is C41H53N7O5S. The molecule has 3 N–H and O–H groups in total. The molecule has 3 amide bonds. The number of carbonyl (C=O) groups is 3. The number of ether oxygens (including phenoxy) is 2. The van der Waals surface area contributed by atoms with Crippen molar-refractivity contribution in [3.63, 3.8) is 0 Å². The fourth-order valence-corrected chi connectivity index (χ4v) is 9.63. The Labute approximate surface area is 321 Å². The van der Waals surface area contributed by atoms with E-state index >= 15 is 0 Å². The smallest absolute Gasteiger partial charge is 0.407 e. The molecule has 0 spiro atoms. The second kappa shape index (κ2) is 16.2. The number of amides is 3. The first-order valence-electron chi connectivity index (χ1n) is 19.3. The molecule has 13 heteroatoms. The highest BCUT2D eigenvalue weighted by atomic mass is 32.2. The van der Waals surface area contributed by atoms with Gasteiger partial charge in [-0.1, -0.05) is 58.9 Å². The molecule has 1 unspecified atom stereocenters. The number of aromatic nitrogens is 4. The Kier molecular flexibility index (Phi) is 11.4. The van der Waals surface area contributed by atoms with Crippen LogP contribution in [0.1, 0.15) is 84.0 Å². The topological polar surface area (TPSA) is 146 Å². The minimum absolute atomic E-state index is 0.0670. The van der Waals surface area contributed by atoms with Crippen LogP contribution in [0.2, 0.25) is 0 Å². The average molecular weight is 756 g/mol. The minimum Gasteiger partial charge on any atom is -0.453 e. The van der Waals surface area contributed by atoms with Crippen molar-refractivity contribution in [2.75, 3.05) is 32.6 Å². The highest BCUT2D eigenvalue weighted by molar-refractivity contribution is 8.00. The Morgan fingerprint density at radius 2 is 1.46 bits per heavy atom. The number of thioether (sulfide) groups is 1. The molecule has 0 aliphatic carbocycles. The molecule has 2 aromatic heterocycles. The number of aromatic amines is 2. The van der Waals surface area contributed by atoms with Crippen LogP contribution >= 0.6 is 11.8 Å². The van der Waals surface area contributed by atoms with Crippen molar-refractivity contribution in [1.29, 1.82) is 0 Å². The number of hydrogen-bond donors (Lipinski definition) is 3. The van der Waals surface area contributed by atoms with Crippen molar-refractivity contribution >= 4 is 40.4 Å². The van der Waals surface area contributed by atoms with E-state index in [1.807, 2.05) is 42.9 Å². The van der Waals surface area contributed by atoms with Crippen LogP contribution in [0, 0.1) is 23.7 Å². The van der Waals surface area contributed by atoms with Gasteiger partial charge in [-0.3, -0.25) is 9.59 Å². The number of H-pyrrole nitrogens is 2. The van der Waals surface area contributed by atoms with Crippen molar-refractivity contribution in [3.05, 3.63) is 60.4 Å². The fraction of sp³-hybridized carbons (Fsp3) is 0.537. The first kappa shape index (κ1) is 37.9. The van der Waals surface area contributed by atoms with Gasteiger partial charge in [0.2, 0.25) is 11.8 Å². The van der Waals surface area contributed by atoms with E-state index in [2.05, 4.69) is 77.4 Å². The lowest BCUT2D eigenvalue weighted by atomic mass is 9.93. The third-order valence-electron chi connectivity index (χ3n) is 11.6. The van der Waals surface area contributed by atoms with Crippen LogP contribution in [0.5, 0.6) is 0 Å². The van der Waals surface area contributed by atoms with Crippen LogP contribution in [-0.4, -0.2) is 91.7 Å². The van der Waals surface area contributed by atoms with Crippen molar-refractivity contribution < 1.29 is 23.9 Å². The number of alkyl carbamates (subject to hydrolysis) is 1. The SMILES string of the molecule is COC(=O)N[C@H](C(=O)N1CCC[C@H]1c1ncc(-c2ccc3cc(-c4cnc([C@@H]5CSC(C6CCOCC6)N5C(=O)[C@@H](C)C(C)C)[nH]4)ccc3c2)[nH]1)C(C)C. The largest absolute Gasteiger partial charge is 0.453 e. The summed E-state index contributed by atoms with van der Waals surface area (Å²) in [6.07, 6.45) is 6.71. The Hall–Kier alpha value is -4.36. The second-order valence-corrected chi connectivity index (χ2v) is 16.8. The van der Waals surface area contributed by atoms with Gasteiger partial charge in [0.1, 0.15) is 17.7 Å². The number of fused-ring (bicyclic) bond motifs is 1. The average Bonchev–Trinajstić information content (AvgIpc) is 4.02. The zero-order chi connectivity index (χ0) is 38.1. The van der Waals surface area contributed by atoms with Gasteiger partial charge in [0.05, 0.1) is 48.3 Å². The highest BCUT2D eigenvalue weighted by Crippen LogP contribution is 2.45. The van der Waals surface area contributed by atoms with Gasteiger partial charge in [-0.25, -0.2) is 14.8 Å². The van der Waals surface area contributed by atoms with Crippen molar-refractivity contribution in [3.8, 4) is 22.5 Å². The Morgan fingerprint density at radius 3 is 2.04 bits per heavy atom. The molecule has 3 saturated heterocycles. The molecule has 0 radical (unpaired) electrons.